The van der Waals surface area contributed by atoms with Crippen LogP contribution in [0.2, 0.25) is 0 Å². The van der Waals surface area contributed by atoms with E-state index in [1.165, 1.54) is 10.9 Å². The summed E-state index contributed by atoms with van der Waals surface area (Å²) in [5.74, 6) is -0.0474. The first-order chi connectivity index (χ1) is 12.2. The van der Waals surface area contributed by atoms with Crippen LogP contribution in [0, 0.1) is 0 Å². The maximum atomic E-state index is 12.8. The lowest BCUT2D eigenvalue weighted by molar-refractivity contribution is -0.133. The third kappa shape index (κ3) is 3.05. The average Bonchev–Trinajstić information content (AvgIpc) is 3.30. The Hall–Kier alpha value is -2.96. The Morgan fingerprint density at radius 2 is 2.12 bits per heavy atom. The first kappa shape index (κ1) is 15.6. The van der Waals surface area contributed by atoms with Crippen molar-refractivity contribution in [1.82, 2.24) is 24.2 Å². The van der Waals surface area contributed by atoms with E-state index in [-0.39, 0.29) is 24.1 Å². The molecule has 0 radical (unpaired) electrons. The summed E-state index contributed by atoms with van der Waals surface area (Å²) < 4.78 is 3.24. The normalized spacial score (nSPS) is 17.3. The van der Waals surface area contributed by atoms with E-state index >= 15 is 0 Å². The Kier molecular flexibility index (Phi) is 4.05. The van der Waals surface area contributed by atoms with E-state index in [0.717, 1.165) is 19.4 Å². The van der Waals surface area contributed by atoms with Crippen LogP contribution in [0.25, 0.3) is 10.9 Å². The maximum absolute atomic E-state index is 12.8. The molecule has 7 heteroatoms. The van der Waals surface area contributed by atoms with Crippen molar-refractivity contribution in [2.75, 3.05) is 6.54 Å². The summed E-state index contributed by atoms with van der Waals surface area (Å²) in [5.41, 5.74) is 0.468. The Morgan fingerprint density at radius 3 is 2.96 bits per heavy atom. The van der Waals surface area contributed by atoms with Crippen molar-refractivity contribution in [3.8, 4) is 0 Å². The minimum atomic E-state index is -0.179. The fourth-order valence-corrected chi connectivity index (χ4v) is 3.43. The Labute approximate surface area is 144 Å². The van der Waals surface area contributed by atoms with Crippen LogP contribution in [0.15, 0.2) is 53.8 Å². The second-order valence-corrected chi connectivity index (χ2v) is 6.31. The highest BCUT2D eigenvalue weighted by atomic mass is 16.2. The third-order valence-corrected chi connectivity index (χ3v) is 4.69. The van der Waals surface area contributed by atoms with Crippen LogP contribution in [0.3, 0.4) is 0 Å². The number of nitrogens with zero attached hydrogens (tertiary/aromatic N) is 5. The number of amides is 1. The maximum Gasteiger partial charge on any atom is 0.261 e. The third-order valence-electron chi connectivity index (χ3n) is 4.69. The summed E-state index contributed by atoms with van der Waals surface area (Å²) in [6.45, 7) is 1.43. The molecule has 3 aromatic rings. The number of hydrogen-bond acceptors (Lipinski definition) is 4. The summed E-state index contributed by atoms with van der Waals surface area (Å²) in [6, 6.07) is 9.18. The SMILES string of the molecule is O=C(Cn1cnc2ccccc2c1=O)N1CCCC1Cn1cccn1. The highest BCUT2D eigenvalue weighted by Gasteiger charge is 2.29. The van der Waals surface area contributed by atoms with Gasteiger partial charge in [-0.1, -0.05) is 12.1 Å². The molecule has 1 aliphatic heterocycles. The second kappa shape index (κ2) is 6.51. The van der Waals surface area contributed by atoms with Gasteiger partial charge >= 0.3 is 0 Å². The van der Waals surface area contributed by atoms with Crippen LogP contribution in [-0.2, 0) is 17.9 Å². The van der Waals surface area contributed by atoms with Gasteiger partial charge in [-0.3, -0.25) is 18.8 Å². The molecule has 1 unspecified atom stereocenters. The van der Waals surface area contributed by atoms with Gasteiger partial charge in [0.1, 0.15) is 6.54 Å². The molecule has 4 rings (SSSR count). The van der Waals surface area contributed by atoms with Crippen LogP contribution in [-0.4, -0.2) is 42.7 Å². The first-order valence-corrected chi connectivity index (χ1v) is 8.43. The van der Waals surface area contributed by atoms with Crippen LogP contribution in [0.1, 0.15) is 12.8 Å². The lowest BCUT2D eigenvalue weighted by Crippen LogP contribution is -2.41. The molecule has 0 N–H and O–H groups in total. The van der Waals surface area contributed by atoms with Gasteiger partial charge in [0, 0.05) is 18.9 Å². The van der Waals surface area contributed by atoms with Gasteiger partial charge in [-0.15, -0.1) is 0 Å². The van der Waals surface area contributed by atoms with Crippen molar-refractivity contribution in [3.63, 3.8) is 0 Å². The van der Waals surface area contributed by atoms with Crippen LogP contribution < -0.4 is 5.56 Å². The van der Waals surface area contributed by atoms with E-state index in [9.17, 15) is 9.59 Å². The molecule has 7 nitrogen and oxygen atoms in total. The van der Waals surface area contributed by atoms with Crippen LogP contribution >= 0.6 is 0 Å². The minimum Gasteiger partial charge on any atom is -0.336 e. The number of aromatic nitrogens is 4. The number of carbonyl (C=O) groups is 1. The molecule has 25 heavy (non-hydrogen) atoms. The van der Waals surface area contributed by atoms with Gasteiger partial charge in [-0.05, 0) is 31.0 Å². The lowest BCUT2D eigenvalue weighted by atomic mass is 10.2. The number of rotatable bonds is 4. The van der Waals surface area contributed by atoms with E-state index < -0.39 is 0 Å². The number of likely N-dealkylation sites (tertiary alicyclic amines) is 1. The number of benzene rings is 1. The quantitative estimate of drug-likeness (QED) is 0.719. The number of carbonyl (C=O) groups excluding carboxylic acids is 1. The molecule has 1 aliphatic rings. The summed E-state index contributed by atoms with van der Waals surface area (Å²) in [5, 5.41) is 4.75. The van der Waals surface area contributed by atoms with Crippen LogP contribution in [0.5, 0.6) is 0 Å². The molecule has 128 valence electrons. The Bertz CT molecular complexity index is 948. The molecule has 0 bridgehead atoms. The highest BCUT2D eigenvalue weighted by molar-refractivity contribution is 5.79. The smallest absolute Gasteiger partial charge is 0.261 e. The van der Waals surface area contributed by atoms with Gasteiger partial charge in [-0.25, -0.2) is 4.98 Å². The molecule has 1 amide bonds. The summed E-state index contributed by atoms with van der Waals surface area (Å²) in [4.78, 5) is 31.4. The molecule has 1 saturated heterocycles. The summed E-state index contributed by atoms with van der Waals surface area (Å²) >= 11 is 0. The monoisotopic (exact) mass is 337 g/mol. The zero-order chi connectivity index (χ0) is 17.2. The Balaban J connectivity index is 1.53. The largest absolute Gasteiger partial charge is 0.336 e. The fourth-order valence-electron chi connectivity index (χ4n) is 3.43. The van der Waals surface area contributed by atoms with Crippen molar-refractivity contribution in [2.45, 2.75) is 32.0 Å². The van der Waals surface area contributed by atoms with Gasteiger partial charge in [-0.2, -0.15) is 5.10 Å². The van der Waals surface area contributed by atoms with E-state index in [0.29, 0.717) is 17.4 Å². The van der Waals surface area contributed by atoms with E-state index in [4.69, 9.17) is 0 Å². The number of para-hydroxylation sites is 1. The minimum absolute atomic E-state index is 0.0201. The van der Waals surface area contributed by atoms with E-state index in [2.05, 4.69) is 10.1 Å². The molecular formula is C18H19N5O2. The lowest BCUT2D eigenvalue weighted by Gasteiger charge is -2.25. The molecule has 2 aromatic heterocycles. The summed E-state index contributed by atoms with van der Waals surface area (Å²) in [7, 11) is 0. The van der Waals surface area contributed by atoms with Crippen LogP contribution in [0.4, 0.5) is 0 Å². The number of fused-ring (bicyclic) bond motifs is 1. The molecule has 1 aromatic carbocycles. The molecule has 0 aliphatic carbocycles. The molecule has 0 spiro atoms. The fraction of sp³-hybridized carbons (Fsp3) is 0.333. The average molecular weight is 337 g/mol. The van der Waals surface area contributed by atoms with Crippen molar-refractivity contribution < 1.29 is 4.79 Å². The van der Waals surface area contributed by atoms with Gasteiger partial charge < -0.3 is 4.90 Å². The molecule has 1 fully saturated rings. The van der Waals surface area contributed by atoms with Gasteiger partial charge in [0.2, 0.25) is 5.91 Å². The molecule has 3 heterocycles. The number of hydrogen-bond donors (Lipinski definition) is 0. The predicted molar refractivity (Wildman–Crippen MR) is 93.0 cm³/mol. The predicted octanol–water partition coefficient (Wildman–Crippen LogP) is 1.28. The molecule has 0 saturated carbocycles. The second-order valence-electron chi connectivity index (χ2n) is 6.31. The standard InChI is InChI=1S/C18H19N5O2/c24-17(23-10-3-5-14(23)11-22-9-4-8-20-22)12-21-13-19-16-7-2-1-6-15(16)18(21)25/h1-2,4,6-9,13-14H,3,5,10-12H2. The Morgan fingerprint density at radius 1 is 1.24 bits per heavy atom. The zero-order valence-electron chi connectivity index (χ0n) is 13.8. The van der Waals surface area contributed by atoms with E-state index in [1.54, 1.807) is 24.4 Å². The summed E-state index contributed by atoms with van der Waals surface area (Å²) in [6.07, 6.45) is 7.03. The van der Waals surface area contributed by atoms with Crippen molar-refractivity contribution in [3.05, 3.63) is 59.4 Å². The molecule has 1 atom stereocenters. The highest BCUT2D eigenvalue weighted by Crippen LogP contribution is 2.19. The molecular weight excluding hydrogens is 318 g/mol. The zero-order valence-corrected chi connectivity index (χ0v) is 13.8. The van der Waals surface area contributed by atoms with Crippen molar-refractivity contribution >= 4 is 16.8 Å². The van der Waals surface area contributed by atoms with Crippen molar-refractivity contribution in [2.24, 2.45) is 0 Å². The van der Waals surface area contributed by atoms with Crippen molar-refractivity contribution in [1.29, 1.82) is 0 Å². The topological polar surface area (TPSA) is 73.0 Å². The van der Waals surface area contributed by atoms with Gasteiger partial charge in [0.15, 0.2) is 0 Å². The van der Waals surface area contributed by atoms with Gasteiger partial charge in [0.05, 0.1) is 29.8 Å². The van der Waals surface area contributed by atoms with Gasteiger partial charge in [0.25, 0.3) is 5.56 Å². The first-order valence-electron chi connectivity index (χ1n) is 8.43. The van der Waals surface area contributed by atoms with E-state index in [1.807, 2.05) is 27.9 Å².